The lowest BCUT2D eigenvalue weighted by Gasteiger charge is -2.36. The Bertz CT molecular complexity index is 435. The summed E-state index contributed by atoms with van der Waals surface area (Å²) in [5.74, 6) is 1.15. The van der Waals surface area contributed by atoms with E-state index in [9.17, 15) is 5.11 Å². The quantitative estimate of drug-likeness (QED) is 0.846. The van der Waals surface area contributed by atoms with Gasteiger partial charge in [-0.2, -0.15) is 0 Å². The van der Waals surface area contributed by atoms with Crippen molar-refractivity contribution in [3.63, 3.8) is 0 Å². The molecular formula is C17H30Cl2N2O. The van der Waals surface area contributed by atoms with Crippen molar-refractivity contribution in [1.82, 2.24) is 10.2 Å². The third kappa shape index (κ3) is 5.96. The highest BCUT2D eigenvalue weighted by atomic mass is 35.5. The van der Waals surface area contributed by atoms with Gasteiger partial charge in [0, 0.05) is 37.8 Å². The standard InChI is InChI=1S/C17H28N2O.2ClH/c1-13(2)4-6-16(19-10-8-18-9-11-19)15-12-14(3)5-7-17(15)20;;/h5,7,12-13,16,18,20H,4,6,8-11H2,1-3H3;2*1H/t16-;;/m1../s1. The second-order valence-corrected chi connectivity index (χ2v) is 6.34. The molecule has 0 spiro atoms. The van der Waals surface area contributed by atoms with Gasteiger partial charge < -0.3 is 10.4 Å². The predicted molar refractivity (Wildman–Crippen MR) is 98.6 cm³/mol. The number of hydrogen-bond donors (Lipinski definition) is 2. The van der Waals surface area contributed by atoms with Gasteiger partial charge in [-0.1, -0.05) is 31.5 Å². The van der Waals surface area contributed by atoms with Crippen molar-refractivity contribution in [1.29, 1.82) is 0 Å². The van der Waals surface area contributed by atoms with Crippen LogP contribution in [0.5, 0.6) is 5.75 Å². The summed E-state index contributed by atoms with van der Waals surface area (Å²) >= 11 is 0. The molecule has 0 saturated carbocycles. The molecule has 0 bridgehead atoms. The zero-order valence-electron chi connectivity index (χ0n) is 13.8. The second-order valence-electron chi connectivity index (χ2n) is 6.34. The molecule has 1 aliphatic heterocycles. The van der Waals surface area contributed by atoms with Crippen LogP contribution in [0.15, 0.2) is 18.2 Å². The second kappa shape index (κ2) is 10.3. The lowest BCUT2D eigenvalue weighted by molar-refractivity contribution is 0.157. The van der Waals surface area contributed by atoms with E-state index in [1.807, 2.05) is 12.1 Å². The fraction of sp³-hybridized carbons (Fsp3) is 0.647. The molecule has 0 radical (unpaired) electrons. The lowest BCUT2D eigenvalue weighted by atomic mass is 9.94. The van der Waals surface area contributed by atoms with Gasteiger partial charge in [0.15, 0.2) is 0 Å². The third-order valence-electron chi connectivity index (χ3n) is 4.15. The Kier molecular flexibility index (Phi) is 10.1. The minimum absolute atomic E-state index is 0. The van der Waals surface area contributed by atoms with E-state index in [4.69, 9.17) is 0 Å². The van der Waals surface area contributed by atoms with E-state index in [-0.39, 0.29) is 24.8 Å². The number of piperazine rings is 1. The highest BCUT2D eigenvalue weighted by molar-refractivity contribution is 5.85. The number of benzene rings is 1. The average molecular weight is 349 g/mol. The van der Waals surface area contributed by atoms with Crippen molar-refractivity contribution in [3.05, 3.63) is 29.3 Å². The molecule has 3 nitrogen and oxygen atoms in total. The molecule has 128 valence electrons. The predicted octanol–water partition coefficient (Wildman–Crippen LogP) is 3.93. The van der Waals surface area contributed by atoms with Gasteiger partial charge in [-0.05, 0) is 31.7 Å². The van der Waals surface area contributed by atoms with Crippen molar-refractivity contribution in [2.75, 3.05) is 26.2 Å². The van der Waals surface area contributed by atoms with Crippen LogP contribution < -0.4 is 5.32 Å². The molecule has 2 rings (SSSR count). The van der Waals surface area contributed by atoms with Gasteiger partial charge in [0.1, 0.15) is 5.75 Å². The van der Waals surface area contributed by atoms with Gasteiger partial charge in [-0.3, -0.25) is 4.90 Å². The Morgan fingerprint density at radius 1 is 1.14 bits per heavy atom. The highest BCUT2D eigenvalue weighted by Gasteiger charge is 2.24. The van der Waals surface area contributed by atoms with Crippen LogP contribution in [0.2, 0.25) is 0 Å². The van der Waals surface area contributed by atoms with Gasteiger partial charge in [0.25, 0.3) is 0 Å². The van der Waals surface area contributed by atoms with Crippen LogP contribution in [0.3, 0.4) is 0 Å². The third-order valence-corrected chi connectivity index (χ3v) is 4.15. The van der Waals surface area contributed by atoms with Crippen LogP contribution in [-0.2, 0) is 0 Å². The maximum absolute atomic E-state index is 10.3. The fourth-order valence-electron chi connectivity index (χ4n) is 2.96. The van der Waals surface area contributed by atoms with Crippen molar-refractivity contribution in [3.8, 4) is 5.75 Å². The Morgan fingerprint density at radius 3 is 2.36 bits per heavy atom. The first-order valence-electron chi connectivity index (χ1n) is 7.82. The number of nitrogens with zero attached hydrogens (tertiary/aromatic N) is 1. The number of aryl methyl sites for hydroxylation is 1. The normalized spacial score (nSPS) is 16.7. The van der Waals surface area contributed by atoms with Crippen LogP contribution >= 0.6 is 24.8 Å². The molecule has 1 aromatic carbocycles. The number of phenolic OH excluding ortho intramolecular Hbond substituents is 1. The Balaban J connectivity index is 0.00000220. The number of hydrogen-bond acceptors (Lipinski definition) is 3. The summed E-state index contributed by atoms with van der Waals surface area (Å²) < 4.78 is 0. The van der Waals surface area contributed by atoms with Crippen LogP contribution in [0.25, 0.3) is 0 Å². The van der Waals surface area contributed by atoms with Gasteiger partial charge >= 0.3 is 0 Å². The molecule has 1 saturated heterocycles. The van der Waals surface area contributed by atoms with Crippen molar-refractivity contribution in [2.45, 2.75) is 39.7 Å². The SMILES string of the molecule is Cc1ccc(O)c([C@@H](CCC(C)C)N2CCNCC2)c1.Cl.Cl. The number of rotatable bonds is 5. The minimum Gasteiger partial charge on any atom is -0.508 e. The summed E-state index contributed by atoms with van der Waals surface area (Å²) in [5, 5.41) is 13.7. The van der Waals surface area contributed by atoms with Gasteiger partial charge in [0.05, 0.1) is 0 Å². The molecule has 22 heavy (non-hydrogen) atoms. The molecule has 2 N–H and O–H groups in total. The molecular weight excluding hydrogens is 319 g/mol. The average Bonchev–Trinajstić information content (AvgIpc) is 2.43. The maximum atomic E-state index is 10.3. The van der Waals surface area contributed by atoms with Crippen molar-refractivity contribution >= 4 is 24.8 Å². The zero-order chi connectivity index (χ0) is 14.5. The highest BCUT2D eigenvalue weighted by Crippen LogP contribution is 2.34. The number of phenols is 1. The van der Waals surface area contributed by atoms with Gasteiger partial charge in [0.2, 0.25) is 0 Å². The maximum Gasteiger partial charge on any atom is 0.120 e. The monoisotopic (exact) mass is 348 g/mol. The first-order chi connectivity index (χ1) is 9.58. The van der Waals surface area contributed by atoms with E-state index in [0.717, 1.165) is 38.2 Å². The Morgan fingerprint density at radius 2 is 1.77 bits per heavy atom. The van der Waals surface area contributed by atoms with E-state index in [1.165, 1.54) is 12.0 Å². The molecule has 1 atom stereocenters. The molecule has 1 fully saturated rings. The molecule has 0 aromatic heterocycles. The number of nitrogens with one attached hydrogen (secondary N) is 1. The minimum atomic E-state index is 0. The van der Waals surface area contributed by atoms with Gasteiger partial charge in [-0.25, -0.2) is 0 Å². The summed E-state index contributed by atoms with van der Waals surface area (Å²) in [6.07, 6.45) is 2.32. The van der Waals surface area contributed by atoms with Crippen LogP contribution in [-0.4, -0.2) is 36.2 Å². The molecule has 0 amide bonds. The van der Waals surface area contributed by atoms with Gasteiger partial charge in [-0.15, -0.1) is 24.8 Å². The number of halogens is 2. The fourth-order valence-corrected chi connectivity index (χ4v) is 2.96. The molecule has 5 heteroatoms. The van der Waals surface area contributed by atoms with Crippen molar-refractivity contribution in [2.24, 2.45) is 5.92 Å². The largest absolute Gasteiger partial charge is 0.508 e. The molecule has 0 aliphatic carbocycles. The molecule has 1 aliphatic rings. The first-order valence-corrected chi connectivity index (χ1v) is 7.82. The van der Waals surface area contributed by atoms with E-state index >= 15 is 0 Å². The molecule has 0 unspecified atom stereocenters. The summed E-state index contributed by atoms with van der Waals surface area (Å²) in [6.45, 7) is 10.9. The molecule has 1 aromatic rings. The topological polar surface area (TPSA) is 35.5 Å². The zero-order valence-corrected chi connectivity index (χ0v) is 15.5. The molecule has 1 heterocycles. The van der Waals surface area contributed by atoms with E-state index in [0.29, 0.717) is 17.7 Å². The summed E-state index contributed by atoms with van der Waals surface area (Å²) in [4.78, 5) is 2.52. The van der Waals surface area contributed by atoms with E-state index in [2.05, 4.69) is 37.1 Å². The first kappa shape index (κ1) is 21.5. The Labute approximate surface area is 147 Å². The van der Waals surface area contributed by atoms with Crippen LogP contribution in [0, 0.1) is 12.8 Å². The summed E-state index contributed by atoms with van der Waals surface area (Å²) in [6, 6.07) is 6.33. The smallest absolute Gasteiger partial charge is 0.120 e. The van der Waals surface area contributed by atoms with Crippen molar-refractivity contribution < 1.29 is 5.11 Å². The number of aromatic hydroxyl groups is 1. The van der Waals surface area contributed by atoms with E-state index < -0.39 is 0 Å². The summed E-state index contributed by atoms with van der Waals surface area (Å²) in [7, 11) is 0. The van der Waals surface area contributed by atoms with E-state index in [1.54, 1.807) is 0 Å². The lowest BCUT2D eigenvalue weighted by Crippen LogP contribution is -2.45. The van der Waals surface area contributed by atoms with Crippen LogP contribution in [0.4, 0.5) is 0 Å². The Hall–Kier alpha value is -0.480. The summed E-state index contributed by atoms with van der Waals surface area (Å²) in [5.41, 5.74) is 2.33. The van der Waals surface area contributed by atoms with Crippen LogP contribution in [0.1, 0.15) is 43.9 Å².